The summed E-state index contributed by atoms with van der Waals surface area (Å²) in [5.41, 5.74) is -0.806. The van der Waals surface area contributed by atoms with E-state index in [2.05, 4.69) is 25.9 Å². The van der Waals surface area contributed by atoms with E-state index >= 15 is 0 Å². The lowest BCUT2D eigenvalue weighted by molar-refractivity contribution is -0.137. The maximum absolute atomic E-state index is 12.4. The second-order valence-corrected chi connectivity index (χ2v) is 4.31. The first-order valence-corrected chi connectivity index (χ1v) is 6.30. The molecule has 118 valence electrons. The van der Waals surface area contributed by atoms with Crippen LogP contribution in [-0.4, -0.2) is 46.0 Å². The molecule has 0 spiro atoms. The Hall–Kier alpha value is -2.49. The Morgan fingerprint density at radius 1 is 1.32 bits per heavy atom. The summed E-state index contributed by atoms with van der Waals surface area (Å²) in [7, 11) is 1.75. The number of aromatic nitrogens is 4. The zero-order valence-electron chi connectivity index (χ0n) is 11.6. The molecular weight excluding hydrogens is 301 g/mol. The molecule has 1 amide bonds. The number of alkyl halides is 3. The Balaban J connectivity index is 2.09. The average Bonchev–Trinajstić information content (AvgIpc) is 2.96. The van der Waals surface area contributed by atoms with Crippen LogP contribution in [0, 0.1) is 0 Å². The number of carbonyl (C=O) groups is 1. The Kier molecular flexibility index (Phi) is 4.71. The summed E-state index contributed by atoms with van der Waals surface area (Å²) in [4.78, 5) is 15.4. The van der Waals surface area contributed by atoms with Gasteiger partial charge in [0, 0.05) is 19.3 Å². The van der Waals surface area contributed by atoms with Crippen LogP contribution in [0.4, 0.5) is 13.2 Å². The summed E-state index contributed by atoms with van der Waals surface area (Å²) in [6.45, 7) is 1.01. The third-order valence-corrected chi connectivity index (χ3v) is 2.70. The van der Waals surface area contributed by atoms with E-state index in [4.69, 9.17) is 0 Å². The highest BCUT2D eigenvalue weighted by Crippen LogP contribution is 2.28. The number of carbonyl (C=O) groups excluding carboxylic acids is 1. The molecule has 2 aromatic heterocycles. The van der Waals surface area contributed by atoms with Gasteiger partial charge in [-0.2, -0.15) is 13.2 Å². The number of nitrogens with one attached hydrogen (secondary N) is 2. The second kappa shape index (κ2) is 6.52. The second-order valence-electron chi connectivity index (χ2n) is 4.31. The predicted octanol–water partition coefficient (Wildman–Crippen LogP) is 0.630. The van der Waals surface area contributed by atoms with Crippen molar-refractivity contribution in [3.63, 3.8) is 0 Å². The van der Waals surface area contributed by atoms with Gasteiger partial charge in [0.05, 0.1) is 11.8 Å². The van der Waals surface area contributed by atoms with Crippen LogP contribution in [0.3, 0.4) is 0 Å². The lowest BCUT2D eigenvalue weighted by Crippen LogP contribution is -2.30. The molecule has 2 heterocycles. The molecule has 7 nitrogen and oxygen atoms in total. The van der Waals surface area contributed by atoms with Crippen molar-refractivity contribution in [2.45, 2.75) is 6.18 Å². The fraction of sp³-hybridized carbons (Fsp3) is 0.333. The highest BCUT2D eigenvalue weighted by Gasteiger charge is 2.30. The fourth-order valence-electron chi connectivity index (χ4n) is 1.56. The van der Waals surface area contributed by atoms with Crippen molar-refractivity contribution in [1.29, 1.82) is 0 Å². The van der Waals surface area contributed by atoms with Gasteiger partial charge in [0.1, 0.15) is 0 Å². The monoisotopic (exact) mass is 314 g/mol. The summed E-state index contributed by atoms with van der Waals surface area (Å²) in [5, 5.41) is 12.8. The van der Waals surface area contributed by atoms with E-state index in [1.807, 2.05) is 0 Å². The molecule has 10 heteroatoms. The Labute approximate surface area is 123 Å². The van der Waals surface area contributed by atoms with Crippen molar-refractivity contribution >= 4 is 5.91 Å². The smallest absolute Gasteiger partial charge is 0.349 e. The minimum absolute atomic E-state index is 0.0535. The van der Waals surface area contributed by atoms with Gasteiger partial charge in [-0.25, -0.2) is 9.67 Å². The summed E-state index contributed by atoms with van der Waals surface area (Å²) >= 11 is 0. The standard InChI is InChI=1S/C12H13F3N6O/c1-16-4-5-17-11(22)9-7-21(20-19-9)10-3-2-8(6-18-10)12(13,14)15/h2-3,6-7,16H,4-5H2,1H3,(H,17,22). The minimum Gasteiger partial charge on any atom is -0.349 e. The van der Waals surface area contributed by atoms with Crippen molar-refractivity contribution < 1.29 is 18.0 Å². The van der Waals surface area contributed by atoms with E-state index < -0.39 is 17.6 Å². The zero-order valence-corrected chi connectivity index (χ0v) is 11.6. The average molecular weight is 314 g/mol. The Morgan fingerprint density at radius 3 is 2.68 bits per heavy atom. The van der Waals surface area contributed by atoms with E-state index in [1.54, 1.807) is 7.05 Å². The van der Waals surface area contributed by atoms with E-state index in [0.717, 1.165) is 16.8 Å². The largest absolute Gasteiger partial charge is 0.417 e. The van der Waals surface area contributed by atoms with Crippen molar-refractivity contribution in [1.82, 2.24) is 30.6 Å². The first kappa shape index (κ1) is 15.9. The van der Waals surface area contributed by atoms with Crippen LogP contribution in [0.5, 0.6) is 0 Å². The lowest BCUT2D eigenvalue weighted by Gasteiger charge is -2.06. The van der Waals surface area contributed by atoms with Gasteiger partial charge in [-0.1, -0.05) is 5.21 Å². The van der Waals surface area contributed by atoms with E-state index in [0.29, 0.717) is 19.3 Å². The molecule has 2 N–H and O–H groups in total. The summed E-state index contributed by atoms with van der Waals surface area (Å²) in [5.74, 6) is -0.289. The third kappa shape index (κ3) is 3.79. The summed E-state index contributed by atoms with van der Waals surface area (Å²) in [6, 6.07) is 2.04. The quantitative estimate of drug-likeness (QED) is 0.791. The van der Waals surface area contributed by atoms with Gasteiger partial charge < -0.3 is 10.6 Å². The zero-order chi connectivity index (χ0) is 16.2. The van der Waals surface area contributed by atoms with Gasteiger partial charge >= 0.3 is 6.18 Å². The lowest BCUT2D eigenvalue weighted by atomic mass is 10.3. The minimum atomic E-state index is -4.45. The first-order chi connectivity index (χ1) is 10.4. The van der Waals surface area contributed by atoms with Crippen molar-refractivity contribution in [3.8, 4) is 5.82 Å². The number of pyridine rings is 1. The molecule has 0 bridgehead atoms. The van der Waals surface area contributed by atoms with Crippen LogP contribution >= 0.6 is 0 Å². The van der Waals surface area contributed by atoms with Crippen LogP contribution in [-0.2, 0) is 6.18 Å². The Bertz CT molecular complexity index is 637. The van der Waals surface area contributed by atoms with Crippen LogP contribution < -0.4 is 10.6 Å². The molecule has 0 aliphatic heterocycles. The number of halogens is 3. The predicted molar refractivity (Wildman–Crippen MR) is 70.4 cm³/mol. The highest BCUT2D eigenvalue weighted by molar-refractivity contribution is 5.91. The van der Waals surface area contributed by atoms with Gasteiger partial charge in [0.25, 0.3) is 5.91 Å². The SMILES string of the molecule is CNCCNC(=O)c1cn(-c2ccc(C(F)(F)F)cn2)nn1. The van der Waals surface area contributed by atoms with Gasteiger partial charge in [0.15, 0.2) is 11.5 Å². The van der Waals surface area contributed by atoms with Crippen molar-refractivity contribution in [2.75, 3.05) is 20.1 Å². The van der Waals surface area contributed by atoms with E-state index in [1.165, 1.54) is 6.20 Å². The van der Waals surface area contributed by atoms with E-state index in [9.17, 15) is 18.0 Å². The first-order valence-electron chi connectivity index (χ1n) is 6.30. The molecule has 0 atom stereocenters. The molecule has 0 saturated heterocycles. The Morgan fingerprint density at radius 2 is 2.09 bits per heavy atom. The molecule has 22 heavy (non-hydrogen) atoms. The molecule has 0 aliphatic carbocycles. The van der Waals surface area contributed by atoms with Crippen LogP contribution in [0.15, 0.2) is 24.5 Å². The van der Waals surface area contributed by atoms with Gasteiger partial charge in [-0.3, -0.25) is 4.79 Å². The molecule has 0 aromatic carbocycles. The normalized spacial score (nSPS) is 11.5. The number of amides is 1. The maximum Gasteiger partial charge on any atom is 0.417 e. The molecule has 0 fully saturated rings. The summed E-state index contributed by atoms with van der Waals surface area (Å²) < 4.78 is 38.5. The molecule has 0 aliphatic rings. The van der Waals surface area contributed by atoms with Crippen LogP contribution in [0.2, 0.25) is 0 Å². The van der Waals surface area contributed by atoms with Gasteiger partial charge in [-0.15, -0.1) is 5.10 Å². The molecule has 2 rings (SSSR count). The van der Waals surface area contributed by atoms with Crippen molar-refractivity contribution in [2.24, 2.45) is 0 Å². The van der Waals surface area contributed by atoms with Crippen molar-refractivity contribution in [3.05, 3.63) is 35.8 Å². The fourth-order valence-corrected chi connectivity index (χ4v) is 1.56. The highest BCUT2D eigenvalue weighted by atomic mass is 19.4. The molecule has 2 aromatic rings. The molecule has 0 unspecified atom stereocenters. The molecular formula is C12H13F3N6O. The summed E-state index contributed by atoms with van der Waals surface area (Å²) in [6.07, 6.45) is -2.46. The topological polar surface area (TPSA) is 84.7 Å². The number of hydrogen-bond donors (Lipinski definition) is 2. The van der Waals surface area contributed by atoms with E-state index in [-0.39, 0.29) is 11.5 Å². The van der Waals surface area contributed by atoms with Crippen LogP contribution in [0.1, 0.15) is 16.1 Å². The maximum atomic E-state index is 12.4. The number of hydrogen-bond acceptors (Lipinski definition) is 5. The van der Waals surface area contributed by atoms with Crippen LogP contribution in [0.25, 0.3) is 5.82 Å². The molecule has 0 radical (unpaired) electrons. The third-order valence-electron chi connectivity index (χ3n) is 2.70. The van der Waals surface area contributed by atoms with Gasteiger partial charge in [-0.05, 0) is 19.2 Å². The number of nitrogens with zero attached hydrogens (tertiary/aromatic N) is 4. The number of rotatable bonds is 5. The van der Waals surface area contributed by atoms with Gasteiger partial charge in [0.2, 0.25) is 0 Å². The molecule has 0 saturated carbocycles. The number of likely N-dealkylation sites (N-methyl/N-ethyl adjacent to an activating group) is 1.